The first-order chi connectivity index (χ1) is 13.4. The predicted octanol–water partition coefficient (Wildman–Crippen LogP) is 3.22. The van der Waals surface area contributed by atoms with E-state index in [-0.39, 0.29) is 10.9 Å². The van der Waals surface area contributed by atoms with Gasteiger partial charge in [0.05, 0.1) is 11.9 Å². The summed E-state index contributed by atoms with van der Waals surface area (Å²) in [6.07, 6.45) is 6.37. The first-order valence-electron chi connectivity index (χ1n) is 9.46. The second kappa shape index (κ2) is 7.52. The van der Waals surface area contributed by atoms with Crippen LogP contribution in [0.1, 0.15) is 48.2 Å². The van der Waals surface area contributed by atoms with Crippen LogP contribution in [0.4, 0.5) is 0 Å². The Balaban J connectivity index is 1.62. The third-order valence-electron chi connectivity index (χ3n) is 5.09. The van der Waals surface area contributed by atoms with E-state index in [4.69, 9.17) is 4.42 Å². The molecule has 1 saturated heterocycles. The lowest BCUT2D eigenvalue weighted by Gasteiger charge is -2.32. The maximum absolute atomic E-state index is 13.3. The van der Waals surface area contributed by atoms with E-state index >= 15 is 0 Å². The number of aromatic nitrogens is 3. The highest BCUT2D eigenvalue weighted by molar-refractivity contribution is 7.89. The Morgan fingerprint density at radius 2 is 2.00 bits per heavy atom. The molecule has 4 rings (SSSR count). The van der Waals surface area contributed by atoms with Gasteiger partial charge in [0.1, 0.15) is 16.7 Å². The number of aryl methyl sites for hydroxylation is 2. The zero-order valence-corrected chi connectivity index (χ0v) is 16.9. The van der Waals surface area contributed by atoms with Crippen molar-refractivity contribution in [1.29, 1.82) is 0 Å². The average molecular weight is 401 g/mol. The van der Waals surface area contributed by atoms with Gasteiger partial charge in [0.15, 0.2) is 0 Å². The monoisotopic (exact) mass is 400 g/mol. The lowest BCUT2D eigenvalue weighted by atomic mass is 10.1. The van der Waals surface area contributed by atoms with E-state index in [9.17, 15) is 8.42 Å². The fourth-order valence-electron chi connectivity index (χ4n) is 3.75. The number of sulfonamides is 1. The Morgan fingerprint density at radius 3 is 2.71 bits per heavy atom. The van der Waals surface area contributed by atoms with Gasteiger partial charge in [-0.25, -0.2) is 13.4 Å². The van der Waals surface area contributed by atoms with Crippen molar-refractivity contribution in [1.82, 2.24) is 19.1 Å². The molecule has 0 N–H and O–H groups in total. The molecule has 3 aromatic rings. The van der Waals surface area contributed by atoms with E-state index < -0.39 is 10.0 Å². The lowest BCUT2D eigenvalue weighted by Crippen LogP contribution is -2.38. The molecule has 0 saturated carbocycles. The third-order valence-corrected chi connectivity index (χ3v) is 7.10. The minimum Gasteiger partial charge on any atom is -0.444 e. The molecule has 1 atom stereocenters. The second-order valence-electron chi connectivity index (χ2n) is 7.21. The minimum atomic E-state index is -3.67. The molecule has 0 spiro atoms. The van der Waals surface area contributed by atoms with Gasteiger partial charge < -0.3 is 4.42 Å². The summed E-state index contributed by atoms with van der Waals surface area (Å²) in [5.41, 5.74) is 1.63. The molecule has 1 aliphatic heterocycles. The summed E-state index contributed by atoms with van der Waals surface area (Å²) in [6.45, 7) is 2.17. The molecule has 3 heterocycles. The second-order valence-corrected chi connectivity index (χ2v) is 9.07. The lowest BCUT2D eigenvalue weighted by molar-refractivity contribution is 0.216. The smallest absolute Gasteiger partial charge is 0.247 e. The molecular formula is C20H24N4O3S. The molecule has 2 aromatic heterocycles. The van der Waals surface area contributed by atoms with Gasteiger partial charge in [-0.2, -0.15) is 9.40 Å². The highest BCUT2D eigenvalue weighted by atomic mass is 32.2. The van der Waals surface area contributed by atoms with Crippen LogP contribution in [0.3, 0.4) is 0 Å². The number of nitrogens with zero attached hydrogens (tertiary/aromatic N) is 4. The number of oxazole rings is 1. The van der Waals surface area contributed by atoms with Gasteiger partial charge >= 0.3 is 0 Å². The molecule has 0 radical (unpaired) electrons. The van der Waals surface area contributed by atoms with Crippen LogP contribution >= 0.6 is 0 Å². The Morgan fingerprint density at radius 1 is 1.21 bits per heavy atom. The molecule has 0 aliphatic carbocycles. The Hall–Kier alpha value is -2.45. The van der Waals surface area contributed by atoms with Crippen molar-refractivity contribution >= 4 is 10.0 Å². The fourth-order valence-corrected chi connectivity index (χ4v) is 5.61. The van der Waals surface area contributed by atoms with E-state index in [1.807, 2.05) is 30.3 Å². The van der Waals surface area contributed by atoms with E-state index in [0.717, 1.165) is 24.2 Å². The van der Waals surface area contributed by atoms with Gasteiger partial charge in [-0.3, -0.25) is 4.68 Å². The topological polar surface area (TPSA) is 81.2 Å². The van der Waals surface area contributed by atoms with E-state index in [1.165, 1.54) is 8.99 Å². The van der Waals surface area contributed by atoms with Crippen LogP contribution in [-0.4, -0.2) is 34.0 Å². The molecule has 28 heavy (non-hydrogen) atoms. The summed E-state index contributed by atoms with van der Waals surface area (Å²) in [6, 6.07) is 9.62. The Labute approximate surface area is 165 Å². The molecule has 8 heteroatoms. The third kappa shape index (κ3) is 3.62. The van der Waals surface area contributed by atoms with Crippen LogP contribution in [0.15, 0.2) is 52.0 Å². The predicted molar refractivity (Wildman–Crippen MR) is 104 cm³/mol. The molecule has 0 amide bonds. The van der Waals surface area contributed by atoms with Crippen molar-refractivity contribution in [3.8, 4) is 0 Å². The molecular weight excluding hydrogens is 376 g/mol. The highest BCUT2D eigenvalue weighted by Crippen LogP contribution is 2.35. The summed E-state index contributed by atoms with van der Waals surface area (Å²) in [7, 11) is -1.94. The van der Waals surface area contributed by atoms with Crippen molar-refractivity contribution in [3.05, 3.63) is 65.6 Å². The first-order valence-corrected chi connectivity index (χ1v) is 10.9. The molecule has 1 aliphatic rings. The van der Waals surface area contributed by atoms with Gasteiger partial charge in [0.2, 0.25) is 15.9 Å². The van der Waals surface area contributed by atoms with Gasteiger partial charge in [-0.15, -0.1) is 0 Å². The number of benzene rings is 1. The summed E-state index contributed by atoms with van der Waals surface area (Å²) in [5, 5.41) is 4.19. The highest BCUT2D eigenvalue weighted by Gasteiger charge is 2.38. The number of rotatable bonds is 5. The van der Waals surface area contributed by atoms with E-state index in [1.54, 1.807) is 26.4 Å². The maximum Gasteiger partial charge on any atom is 0.247 e. The van der Waals surface area contributed by atoms with Crippen LogP contribution in [0, 0.1) is 6.92 Å². The number of hydrogen-bond acceptors (Lipinski definition) is 5. The fraction of sp³-hybridized carbons (Fsp3) is 0.400. The largest absolute Gasteiger partial charge is 0.444 e. The molecule has 0 unspecified atom stereocenters. The Kier molecular flexibility index (Phi) is 5.07. The van der Waals surface area contributed by atoms with E-state index in [2.05, 4.69) is 10.1 Å². The van der Waals surface area contributed by atoms with Crippen molar-refractivity contribution in [2.24, 2.45) is 7.05 Å². The molecule has 1 aromatic carbocycles. The van der Waals surface area contributed by atoms with Gasteiger partial charge in [-0.05, 0) is 25.3 Å². The Bertz CT molecular complexity index is 1060. The maximum atomic E-state index is 13.3. The van der Waals surface area contributed by atoms with Crippen LogP contribution < -0.4 is 0 Å². The van der Waals surface area contributed by atoms with Crippen LogP contribution in [0.5, 0.6) is 0 Å². The molecule has 148 valence electrons. The van der Waals surface area contributed by atoms with Crippen molar-refractivity contribution in [2.45, 2.75) is 43.5 Å². The first kappa shape index (κ1) is 18.9. The quantitative estimate of drug-likeness (QED) is 0.657. The summed E-state index contributed by atoms with van der Waals surface area (Å²) in [4.78, 5) is 4.68. The average Bonchev–Trinajstić information content (AvgIpc) is 3.29. The number of piperidine rings is 1. The molecule has 7 nitrogen and oxygen atoms in total. The van der Waals surface area contributed by atoms with Crippen LogP contribution in [0.2, 0.25) is 0 Å². The SMILES string of the molecule is Cc1nn(C)cc1S(=O)(=O)N1CCCC[C@@H]1c1ncc(Cc2ccccc2)o1. The standard InChI is InChI=1S/C20H24N4O3S/c1-15-19(14-23(2)22-15)28(25,26)24-11-7-6-10-18(24)20-21-13-17(27-20)12-16-8-4-3-5-9-16/h3-5,8-9,13-14,18H,6-7,10-12H2,1-2H3/t18-/m1/s1. The van der Waals surface area contributed by atoms with Crippen molar-refractivity contribution in [2.75, 3.05) is 6.54 Å². The molecule has 1 fully saturated rings. The minimum absolute atomic E-state index is 0.248. The van der Waals surface area contributed by atoms with Gasteiger partial charge in [0, 0.05) is 26.2 Å². The van der Waals surface area contributed by atoms with Crippen molar-refractivity contribution in [3.63, 3.8) is 0 Å². The van der Waals surface area contributed by atoms with Crippen molar-refractivity contribution < 1.29 is 12.8 Å². The number of hydrogen-bond donors (Lipinski definition) is 0. The van der Waals surface area contributed by atoms with Crippen LogP contribution in [-0.2, 0) is 23.5 Å². The zero-order valence-electron chi connectivity index (χ0n) is 16.1. The summed E-state index contributed by atoms with van der Waals surface area (Å²) < 4.78 is 35.7. The van der Waals surface area contributed by atoms with Crippen LogP contribution in [0.25, 0.3) is 0 Å². The van der Waals surface area contributed by atoms with E-state index in [0.29, 0.717) is 31.0 Å². The molecule has 0 bridgehead atoms. The summed E-state index contributed by atoms with van der Waals surface area (Å²) in [5.74, 6) is 1.21. The van der Waals surface area contributed by atoms with Gasteiger partial charge in [-0.1, -0.05) is 36.8 Å². The normalized spacial score (nSPS) is 18.4. The van der Waals surface area contributed by atoms with Gasteiger partial charge in [0.25, 0.3) is 0 Å². The zero-order chi connectivity index (χ0) is 19.7. The summed E-state index contributed by atoms with van der Waals surface area (Å²) >= 11 is 0.